The van der Waals surface area contributed by atoms with E-state index in [1.807, 2.05) is 11.0 Å². The van der Waals surface area contributed by atoms with Gasteiger partial charge in [-0.2, -0.15) is 0 Å². The zero-order valence-electron chi connectivity index (χ0n) is 14.4. The molecule has 1 aromatic heterocycles. The van der Waals surface area contributed by atoms with Crippen LogP contribution in [-0.4, -0.2) is 56.8 Å². The average molecular weight is 340 g/mol. The molecular formula is C18H24N6O. The fourth-order valence-corrected chi connectivity index (χ4v) is 3.56. The molecule has 3 heterocycles. The Hall–Kier alpha value is -2.41. The lowest BCUT2D eigenvalue weighted by Crippen LogP contribution is -2.51. The summed E-state index contributed by atoms with van der Waals surface area (Å²) in [4.78, 5) is 16.7. The molecule has 0 spiro atoms. The number of carbonyl (C=O) groups is 1. The third-order valence-electron chi connectivity index (χ3n) is 4.99. The van der Waals surface area contributed by atoms with Gasteiger partial charge in [-0.25, -0.2) is 4.79 Å². The van der Waals surface area contributed by atoms with Crippen molar-refractivity contribution in [1.29, 1.82) is 0 Å². The molecule has 7 heteroatoms. The second-order valence-electron chi connectivity index (χ2n) is 6.70. The normalized spacial score (nSPS) is 17.5. The van der Waals surface area contributed by atoms with Crippen LogP contribution < -0.4 is 5.32 Å². The highest BCUT2D eigenvalue weighted by Crippen LogP contribution is 2.14. The molecule has 2 aromatic rings. The Morgan fingerprint density at radius 2 is 1.84 bits per heavy atom. The molecule has 2 aliphatic rings. The van der Waals surface area contributed by atoms with Crippen LogP contribution in [0.1, 0.15) is 23.6 Å². The first-order chi connectivity index (χ1) is 12.3. The van der Waals surface area contributed by atoms with Crippen molar-refractivity contribution in [1.82, 2.24) is 29.9 Å². The van der Waals surface area contributed by atoms with Crippen molar-refractivity contribution in [2.45, 2.75) is 32.5 Å². The lowest BCUT2D eigenvalue weighted by atomic mass is 10.2. The van der Waals surface area contributed by atoms with Gasteiger partial charge in [0.2, 0.25) is 0 Å². The Labute approximate surface area is 147 Å². The van der Waals surface area contributed by atoms with E-state index in [4.69, 9.17) is 0 Å². The van der Waals surface area contributed by atoms with Gasteiger partial charge >= 0.3 is 6.03 Å². The molecule has 2 amide bonds. The number of urea groups is 1. The van der Waals surface area contributed by atoms with Crippen molar-refractivity contribution in [3.05, 3.63) is 47.5 Å². The topological polar surface area (TPSA) is 66.3 Å². The van der Waals surface area contributed by atoms with Crippen LogP contribution in [0.2, 0.25) is 0 Å². The highest BCUT2D eigenvalue weighted by Gasteiger charge is 2.22. The second-order valence-corrected chi connectivity index (χ2v) is 6.70. The van der Waals surface area contributed by atoms with Crippen molar-refractivity contribution in [2.24, 2.45) is 0 Å². The Bertz CT molecular complexity index is 720. The molecular weight excluding hydrogens is 316 g/mol. The Morgan fingerprint density at radius 1 is 1.04 bits per heavy atom. The summed E-state index contributed by atoms with van der Waals surface area (Å²) in [7, 11) is 0. The number of aryl methyl sites for hydroxylation is 1. The average Bonchev–Trinajstić information content (AvgIpc) is 3.25. The smallest absolute Gasteiger partial charge is 0.317 e. The molecule has 0 radical (unpaired) electrons. The van der Waals surface area contributed by atoms with Gasteiger partial charge in [-0.1, -0.05) is 30.3 Å². The number of nitrogens with zero attached hydrogens (tertiary/aromatic N) is 5. The highest BCUT2D eigenvalue weighted by atomic mass is 16.2. The predicted octanol–water partition coefficient (Wildman–Crippen LogP) is 1.25. The maximum Gasteiger partial charge on any atom is 0.317 e. The molecule has 1 fully saturated rings. The minimum Gasteiger partial charge on any atom is -0.331 e. The number of rotatable bonds is 4. The number of aromatic nitrogens is 3. The van der Waals surface area contributed by atoms with Gasteiger partial charge in [0.25, 0.3) is 0 Å². The van der Waals surface area contributed by atoms with Crippen molar-refractivity contribution < 1.29 is 4.79 Å². The fraction of sp³-hybridized carbons (Fsp3) is 0.500. The van der Waals surface area contributed by atoms with Gasteiger partial charge in [0.1, 0.15) is 5.82 Å². The van der Waals surface area contributed by atoms with Gasteiger partial charge in [0.05, 0.1) is 6.54 Å². The third-order valence-corrected chi connectivity index (χ3v) is 4.99. The van der Waals surface area contributed by atoms with Crippen molar-refractivity contribution in [3.8, 4) is 0 Å². The fourth-order valence-electron chi connectivity index (χ4n) is 3.56. The number of hydrogen-bond acceptors (Lipinski definition) is 4. The molecule has 1 aromatic carbocycles. The van der Waals surface area contributed by atoms with Crippen molar-refractivity contribution in [3.63, 3.8) is 0 Å². The summed E-state index contributed by atoms with van der Waals surface area (Å²) in [6.07, 6.45) is 2.11. The minimum absolute atomic E-state index is 0.00490. The van der Waals surface area contributed by atoms with Gasteiger partial charge in [0.15, 0.2) is 5.82 Å². The van der Waals surface area contributed by atoms with Crippen LogP contribution >= 0.6 is 0 Å². The maximum absolute atomic E-state index is 12.4. The van der Waals surface area contributed by atoms with E-state index in [-0.39, 0.29) is 6.03 Å². The van der Waals surface area contributed by atoms with E-state index >= 15 is 0 Å². The quantitative estimate of drug-likeness (QED) is 0.910. The lowest BCUT2D eigenvalue weighted by Gasteiger charge is -2.34. The minimum atomic E-state index is -0.00490. The molecule has 7 nitrogen and oxygen atoms in total. The Balaban J connectivity index is 1.24. The summed E-state index contributed by atoms with van der Waals surface area (Å²) in [6, 6.07) is 10.5. The standard InChI is InChI=1S/C18H24N6O/c25-18(19-13-17-21-20-16-7-4-8-24(16)17)23-11-9-22(10-12-23)14-15-5-2-1-3-6-15/h1-3,5-6H,4,7-14H2,(H,19,25). The predicted molar refractivity (Wildman–Crippen MR) is 93.9 cm³/mol. The first kappa shape index (κ1) is 16.1. The van der Waals surface area contributed by atoms with E-state index in [0.717, 1.165) is 63.8 Å². The molecule has 0 atom stereocenters. The first-order valence-corrected chi connectivity index (χ1v) is 8.99. The molecule has 0 unspecified atom stereocenters. The van der Waals surface area contributed by atoms with E-state index in [9.17, 15) is 4.79 Å². The van der Waals surface area contributed by atoms with Gasteiger partial charge in [0, 0.05) is 45.7 Å². The summed E-state index contributed by atoms with van der Waals surface area (Å²) < 4.78 is 2.12. The van der Waals surface area contributed by atoms with Crippen LogP contribution in [0.25, 0.3) is 0 Å². The maximum atomic E-state index is 12.4. The van der Waals surface area contributed by atoms with E-state index in [1.165, 1.54) is 5.56 Å². The number of hydrogen-bond donors (Lipinski definition) is 1. The number of piperazine rings is 1. The zero-order chi connectivity index (χ0) is 17.1. The van der Waals surface area contributed by atoms with E-state index < -0.39 is 0 Å². The van der Waals surface area contributed by atoms with E-state index in [2.05, 4.69) is 49.2 Å². The van der Waals surface area contributed by atoms with Crippen LogP contribution in [0.15, 0.2) is 30.3 Å². The summed E-state index contributed by atoms with van der Waals surface area (Å²) in [6.45, 7) is 5.70. The summed E-state index contributed by atoms with van der Waals surface area (Å²) in [5.74, 6) is 1.90. The highest BCUT2D eigenvalue weighted by molar-refractivity contribution is 5.74. The molecule has 1 saturated heterocycles. The van der Waals surface area contributed by atoms with Crippen LogP contribution in [0.5, 0.6) is 0 Å². The van der Waals surface area contributed by atoms with Crippen LogP contribution in [0, 0.1) is 0 Å². The largest absolute Gasteiger partial charge is 0.331 e. The molecule has 0 bridgehead atoms. The van der Waals surface area contributed by atoms with Gasteiger partial charge in [-0.3, -0.25) is 4.90 Å². The second kappa shape index (κ2) is 7.23. The lowest BCUT2D eigenvalue weighted by molar-refractivity contribution is 0.135. The molecule has 2 aliphatic heterocycles. The molecule has 25 heavy (non-hydrogen) atoms. The number of fused-ring (bicyclic) bond motifs is 1. The third kappa shape index (κ3) is 3.66. The van der Waals surface area contributed by atoms with Crippen LogP contribution in [0.3, 0.4) is 0 Å². The van der Waals surface area contributed by atoms with Crippen molar-refractivity contribution in [2.75, 3.05) is 26.2 Å². The number of benzene rings is 1. The molecule has 0 aliphatic carbocycles. The Morgan fingerprint density at radius 3 is 2.64 bits per heavy atom. The molecule has 4 rings (SSSR count). The number of amides is 2. The van der Waals surface area contributed by atoms with Gasteiger partial charge < -0.3 is 14.8 Å². The summed E-state index contributed by atoms with van der Waals surface area (Å²) >= 11 is 0. The van der Waals surface area contributed by atoms with E-state index in [1.54, 1.807) is 0 Å². The summed E-state index contributed by atoms with van der Waals surface area (Å²) in [5.41, 5.74) is 1.32. The zero-order valence-corrected chi connectivity index (χ0v) is 14.4. The molecule has 0 saturated carbocycles. The summed E-state index contributed by atoms with van der Waals surface area (Å²) in [5, 5.41) is 11.4. The molecule has 132 valence electrons. The first-order valence-electron chi connectivity index (χ1n) is 8.99. The number of carbonyl (C=O) groups excluding carboxylic acids is 1. The SMILES string of the molecule is O=C(NCc1nnc2n1CCC2)N1CCN(Cc2ccccc2)CC1. The van der Waals surface area contributed by atoms with E-state index in [0.29, 0.717) is 6.54 Å². The van der Waals surface area contributed by atoms with Gasteiger partial charge in [-0.15, -0.1) is 10.2 Å². The van der Waals surface area contributed by atoms with Crippen LogP contribution in [-0.2, 0) is 26.1 Å². The molecule has 1 N–H and O–H groups in total. The van der Waals surface area contributed by atoms with Crippen molar-refractivity contribution >= 4 is 6.03 Å². The van der Waals surface area contributed by atoms with Crippen LogP contribution in [0.4, 0.5) is 4.79 Å². The monoisotopic (exact) mass is 340 g/mol. The Kier molecular flexibility index (Phi) is 4.65. The number of nitrogens with one attached hydrogen (secondary N) is 1. The van der Waals surface area contributed by atoms with Gasteiger partial charge in [-0.05, 0) is 12.0 Å².